The number of ether oxygens (including phenoxy) is 1. The predicted molar refractivity (Wildman–Crippen MR) is 86.9 cm³/mol. The van der Waals surface area contributed by atoms with Gasteiger partial charge in [0.15, 0.2) is 0 Å². The minimum absolute atomic E-state index is 0.294. The summed E-state index contributed by atoms with van der Waals surface area (Å²) in [5.74, 6) is -0.746. The van der Waals surface area contributed by atoms with Gasteiger partial charge < -0.3 is 10.1 Å². The van der Waals surface area contributed by atoms with E-state index in [2.05, 4.69) is 10.1 Å². The van der Waals surface area contributed by atoms with Crippen molar-refractivity contribution < 1.29 is 14.3 Å². The Kier molecular flexibility index (Phi) is 5.33. The van der Waals surface area contributed by atoms with Crippen LogP contribution in [0.3, 0.4) is 0 Å². The summed E-state index contributed by atoms with van der Waals surface area (Å²) in [6, 6.07) is 13.7. The minimum atomic E-state index is -0.451. The lowest BCUT2D eigenvalue weighted by molar-refractivity contribution is -0.111. The van der Waals surface area contributed by atoms with Gasteiger partial charge in [-0.3, -0.25) is 4.79 Å². The van der Waals surface area contributed by atoms with E-state index >= 15 is 0 Å². The number of benzene rings is 2. The molecule has 0 atom stereocenters. The van der Waals surface area contributed by atoms with Gasteiger partial charge in [-0.05, 0) is 42.0 Å². The van der Waals surface area contributed by atoms with Crippen LogP contribution >= 0.6 is 11.6 Å². The van der Waals surface area contributed by atoms with Crippen molar-refractivity contribution in [3.8, 4) is 0 Å². The zero-order valence-electron chi connectivity index (χ0n) is 11.9. The molecule has 0 fully saturated rings. The molecular weight excluding hydrogens is 302 g/mol. The number of nitrogens with one attached hydrogen (secondary N) is 1. The second-order valence-corrected chi connectivity index (χ2v) is 4.88. The molecule has 1 N–H and O–H groups in total. The maximum atomic E-state index is 11.9. The lowest BCUT2D eigenvalue weighted by Gasteiger charge is -2.04. The highest BCUT2D eigenvalue weighted by Gasteiger charge is 2.06. The summed E-state index contributed by atoms with van der Waals surface area (Å²) < 4.78 is 4.63. The Balaban J connectivity index is 2.02. The Labute approximate surface area is 133 Å². The van der Waals surface area contributed by atoms with Gasteiger partial charge in [-0.2, -0.15) is 0 Å². The molecule has 5 heteroatoms. The van der Waals surface area contributed by atoms with Crippen molar-refractivity contribution >= 4 is 35.2 Å². The van der Waals surface area contributed by atoms with E-state index in [-0.39, 0.29) is 5.91 Å². The molecule has 0 radical (unpaired) electrons. The first kappa shape index (κ1) is 15.8. The molecule has 22 heavy (non-hydrogen) atoms. The van der Waals surface area contributed by atoms with E-state index in [4.69, 9.17) is 11.6 Å². The van der Waals surface area contributed by atoms with Crippen LogP contribution in [0.15, 0.2) is 54.6 Å². The molecule has 0 aliphatic heterocycles. The Morgan fingerprint density at radius 1 is 1.14 bits per heavy atom. The van der Waals surface area contributed by atoms with Gasteiger partial charge >= 0.3 is 5.97 Å². The summed E-state index contributed by atoms with van der Waals surface area (Å²) >= 11 is 5.79. The molecule has 2 aromatic rings. The number of halogens is 1. The fourth-order valence-corrected chi connectivity index (χ4v) is 1.90. The second kappa shape index (κ2) is 7.43. The molecule has 0 aliphatic rings. The van der Waals surface area contributed by atoms with Gasteiger partial charge in [-0.25, -0.2) is 4.79 Å². The van der Waals surface area contributed by atoms with Gasteiger partial charge in [0.25, 0.3) is 0 Å². The zero-order valence-corrected chi connectivity index (χ0v) is 12.6. The normalized spacial score (nSPS) is 10.5. The Morgan fingerprint density at radius 2 is 1.86 bits per heavy atom. The van der Waals surface area contributed by atoms with Gasteiger partial charge in [-0.15, -0.1) is 0 Å². The van der Waals surface area contributed by atoms with Crippen LogP contribution in [-0.2, 0) is 9.53 Å². The number of anilines is 1. The van der Waals surface area contributed by atoms with Crippen molar-refractivity contribution in [2.75, 3.05) is 12.4 Å². The molecule has 0 unspecified atom stereocenters. The Bertz CT molecular complexity index is 708. The van der Waals surface area contributed by atoms with Crippen molar-refractivity contribution in [3.63, 3.8) is 0 Å². The third-order valence-corrected chi connectivity index (χ3v) is 3.10. The molecule has 0 bridgehead atoms. The molecule has 0 saturated heterocycles. The number of rotatable bonds is 4. The van der Waals surface area contributed by atoms with Crippen LogP contribution in [0.5, 0.6) is 0 Å². The molecule has 0 heterocycles. The smallest absolute Gasteiger partial charge is 0.337 e. The maximum Gasteiger partial charge on any atom is 0.337 e. The zero-order chi connectivity index (χ0) is 15.9. The number of carbonyl (C=O) groups is 2. The molecule has 0 aromatic heterocycles. The average Bonchev–Trinajstić information content (AvgIpc) is 2.54. The van der Waals surface area contributed by atoms with Crippen molar-refractivity contribution in [2.45, 2.75) is 0 Å². The molecule has 2 rings (SSSR count). The van der Waals surface area contributed by atoms with Crippen LogP contribution in [0.1, 0.15) is 15.9 Å². The quantitative estimate of drug-likeness (QED) is 0.690. The topological polar surface area (TPSA) is 55.4 Å². The van der Waals surface area contributed by atoms with Crippen LogP contribution in [0, 0.1) is 0 Å². The van der Waals surface area contributed by atoms with Crippen molar-refractivity contribution in [1.82, 2.24) is 0 Å². The van der Waals surface area contributed by atoms with E-state index in [1.165, 1.54) is 13.2 Å². The van der Waals surface area contributed by atoms with E-state index in [1.807, 2.05) is 12.1 Å². The summed E-state index contributed by atoms with van der Waals surface area (Å²) in [6.45, 7) is 0. The summed E-state index contributed by atoms with van der Waals surface area (Å²) in [5.41, 5.74) is 1.76. The number of methoxy groups -OCH3 is 1. The number of esters is 1. The lowest BCUT2D eigenvalue weighted by Crippen LogP contribution is -2.09. The maximum absolute atomic E-state index is 11.9. The Morgan fingerprint density at radius 3 is 2.55 bits per heavy atom. The monoisotopic (exact) mass is 315 g/mol. The summed E-state index contributed by atoms with van der Waals surface area (Å²) in [5, 5.41) is 3.32. The number of amides is 1. The first-order valence-corrected chi connectivity index (χ1v) is 6.89. The third kappa shape index (κ3) is 4.46. The van der Waals surface area contributed by atoms with Gasteiger partial charge in [0.05, 0.1) is 12.7 Å². The van der Waals surface area contributed by atoms with E-state index in [0.717, 1.165) is 5.56 Å². The van der Waals surface area contributed by atoms with Crippen LogP contribution in [-0.4, -0.2) is 19.0 Å². The summed E-state index contributed by atoms with van der Waals surface area (Å²) in [4.78, 5) is 23.3. The fourth-order valence-electron chi connectivity index (χ4n) is 1.77. The van der Waals surface area contributed by atoms with E-state index < -0.39 is 5.97 Å². The highest BCUT2D eigenvalue weighted by molar-refractivity contribution is 6.30. The standard InChI is InChI=1S/C17H14ClNO3/c1-22-17(21)13-3-2-4-15(11-13)19-16(20)10-7-12-5-8-14(18)9-6-12/h2-11H,1H3,(H,19,20)/b10-7+. The largest absolute Gasteiger partial charge is 0.465 e. The first-order valence-electron chi connectivity index (χ1n) is 6.51. The molecule has 0 saturated carbocycles. The lowest BCUT2D eigenvalue weighted by atomic mass is 10.2. The van der Waals surface area contributed by atoms with Crippen molar-refractivity contribution in [3.05, 3.63) is 70.8 Å². The molecule has 2 aromatic carbocycles. The summed E-state index contributed by atoms with van der Waals surface area (Å²) in [6.07, 6.45) is 3.09. The third-order valence-electron chi connectivity index (χ3n) is 2.85. The number of hydrogen-bond donors (Lipinski definition) is 1. The van der Waals surface area contributed by atoms with Crippen molar-refractivity contribution in [2.24, 2.45) is 0 Å². The average molecular weight is 316 g/mol. The van der Waals surface area contributed by atoms with Crippen LogP contribution in [0.25, 0.3) is 6.08 Å². The van der Waals surface area contributed by atoms with E-state index in [9.17, 15) is 9.59 Å². The van der Waals surface area contributed by atoms with Gasteiger partial charge in [-0.1, -0.05) is 29.8 Å². The van der Waals surface area contributed by atoms with Crippen molar-refractivity contribution in [1.29, 1.82) is 0 Å². The first-order chi connectivity index (χ1) is 10.6. The highest BCUT2D eigenvalue weighted by Crippen LogP contribution is 2.13. The molecular formula is C17H14ClNO3. The molecule has 112 valence electrons. The number of hydrogen-bond acceptors (Lipinski definition) is 3. The highest BCUT2D eigenvalue weighted by atomic mass is 35.5. The molecule has 0 aliphatic carbocycles. The van der Waals surface area contributed by atoms with Gasteiger partial charge in [0.1, 0.15) is 0 Å². The van der Waals surface area contributed by atoms with Crippen LogP contribution in [0.4, 0.5) is 5.69 Å². The number of carbonyl (C=O) groups excluding carboxylic acids is 2. The molecule has 1 amide bonds. The van der Waals surface area contributed by atoms with E-state index in [0.29, 0.717) is 16.3 Å². The summed E-state index contributed by atoms with van der Waals surface area (Å²) in [7, 11) is 1.31. The second-order valence-electron chi connectivity index (χ2n) is 4.45. The fraction of sp³-hybridized carbons (Fsp3) is 0.0588. The predicted octanol–water partition coefficient (Wildman–Crippen LogP) is 3.78. The van der Waals surface area contributed by atoms with Crippen LogP contribution < -0.4 is 5.32 Å². The van der Waals surface area contributed by atoms with E-state index in [1.54, 1.807) is 42.5 Å². The minimum Gasteiger partial charge on any atom is -0.465 e. The Hall–Kier alpha value is -2.59. The molecule has 4 nitrogen and oxygen atoms in total. The van der Waals surface area contributed by atoms with Gasteiger partial charge in [0.2, 0.25) is 5.91 Å². The van der Waals surface area contributed by atoms with Gasteiger partial charge in [0, 0.05) is 16.8 Å². The SMILES string of the molecule is COC(=O)c1cccc(NC(=O)/C=C/c2ccc(Cl)cc2)c1. The molecule has 0 spiro atoms. The van der Waals surface area contributed by atoms with Crippen LogP contribution in [0.2, 0.25) is 5.02 Å².